The lowest BCUT2D eigenvalue weighted by Gasteiger charge is -2.24. The monoisotopic (exact) mass is 271 g/mol. The largest absolute Gasteiger partial charge is 0.445 e. The van der Waals surface area contributed by atoms with Gasteiger partial charge in [0.15, 0.2) is 0 Å². The summed E-state index contributed by atoms with van der Waals surface area (Å²) < 4.78 is 5.20. The highest BCUT2D eigenvalue weighted by atomic mass is 16.5. The molecule has 0 aromatic heterocycles. The van der Waals surface area contributed by atoms with E-state index in [-0.39, 0.29) is 30.4 Å². The molecular formula is C16H17NO3. The molecule has 1 aromatic rings. The summed E-state index contributed by atoms with van der Waals surface area (Å²) in [6, 6.07) is 9.41. The Kier molecular flexibility index (Phi) is 3.54. The van der Waals surface area contributed by atoms with Crippen molar-refractivity contribution in [3.8, 4) is 0 Å². The van der Waals surface area contributed by atoms with E-state index < -0.39 is 6.09 Å². The van der Waals surface area contributed by atoms with Crippen LogP contribution in [0.2, 0.25) is 0 Å². The summed E-state index contributed by atoms with van der Waals surface area (Å²) in [7, 11) is 0. The third-order valence-electron chi connectivity index (χ3n) is 4.17. The minimum absolute atomic E-state index is 0.116. The molecule has 4 atom stereocenters. The Morgan fingerprint density at radius 2 is 2.00 bits per heavy atom. The molecule has 2 bridgehead atoms. The van der Waals surface area contributed by atoms with Gasteiger partial charge in [0.2, 0.25) is 0 Å². The smallest absolute Gasteiger partial charge is 0.407 e. The van der Waals surface area contributed by atoms with Gasteiger partial charge in [-0.25, -0.2) is 4.79 Å². The van der Waals surface area contributed by atoms with Crippen molar-refractivity contribution < 1.29 is 14.3 Å². The summed E-state index contributed by atoms with van der Waals surface area (Å²) >= 11 is 0. The van der Waals surface area contributed by atoms with E-state index in [1.165, 1.54) is 0 Å². The number of hydrogen-bond acceptors (Lipinski definition) is 3. The second-order valence-electron chi connectivity index (χ2n) is 5.39. The van der Waals surface area contributed by atoms with Crippen molar-refractivity contribution in [1.82, 2.24) is 5.32 Å². The standard InChI is InChI=1S/C16H17NO3/c18-9-14-12-6-7-13(8-12)15(14)17-16(19)20-10-11-4-2-1-3-5-11/h1-7,9,12-15H,8,10H2,(H,17,19)/t12-,13+,14-,15+/m0/s1. The van der Waals surface area contributed by atoms with Crippen molar-refractivity contribution in [3.63, 3.8) is 0 Å². The molecule has 0 radical (unpaired) electrons. The van der Waals surface area contributed by atoms with E-state index in [1.54, 1.807) is 0 Å². The minimum Gasteiger partial charge on any atom is -0.445 e. The number of rotatable bonds is 4. The molecule has 0 spiro atoms. The van der Waals surface area contributed by atoms with Crippen LogP contribution in [0.15, 0.2) is 42.5 Å². The number of alkyl carbamates (subject to hydrolysis) is 1. The quantitative estimate of drug-likeness (QED) is 0.675. The number of allylic oxidation sites excluding steroid dienone is 1. The predicted molar refractivity (Wildman–Crippen MR) is 73.8 cm³/mol. The number of hydrogen-bond donors (Lipinski definition) is 1. The van der Waals surface area contributed by atoms with Gasteiger partial charge in [-0.2, -0.15) is 0 Å². The summed E-state index contributed by atoms with van der Waals surface area (Å²) in [5.74, 6) is 0.422. The maximum atomic E-state index is 11.8. The van der Waals surface area contributed by atoms with Crippen LogP contribution in [-0.4, -0.2) is 18.4 Å². The third kappa shape index (κ3) is 2.46. The molecule has 2 aliphatic rings. The normalized spacial score (nSPS) is 30.2. The van der Waals surface area contributed by atoms with Gasteiger partial charge < -0.3 is 14.8 Å². The number of nitrogens with one attached hydrogen (secondary N) is 1. The third-order valence-corrected chi connectivity index (χ3v) is 4.17. The molecule has 4 nitrogen and oxygen atoms in total. The van der Waals surface area contributed by atoms with Gasteiger partial charge in [-0.3, -0.25) is 0 Å². The van der Waals surface area contributed by atoms with Crippen LogP contribution in [0, 0.1) is 17.8 Å². The molecular weight excluding hydrogens is 254 g/mol. The van der Waals surface area contributed by atoms with E-state index in [0.29, 0.717) is 0 Å². The van der Waals surface area contributed by atoms with Crippen LogP contribution < -0.4 is 5.32 Å². The zero-order chi connectivity index (χ0) is 13.9. The average Bonchev–Trinajstić information content (AvgIpc) is 3.07. The van der Waals surface area contributed by atoms with E-state index in [9.17, 15) is 9.59 Å². The molecule has 104 valence electrons. The van der Waals surface area contributed by atoms with Gasteiger partial charge in [0, 0.05) is 12.0 Å². The van der Waals surface area contributed by atoms with Crippen LogP contribution in [-0.2, 0) is 16.1 Å². The van der Waals surface area contributed by atoms with Crippen LogP contribution in [0.3, 0.4) is 0 Å². The van der Waals surface area contributed by atoms with E-state index in [0.717, 1.165) is 18.3 Å². The summed E-state index contributed by atoms with van der Waals surface area (Å²) in [4.78, 5) is 23.0. The zero-order valence-electron chi connectivity index (χ0n) is 11.1. The minimum atomic E-state index is -0.452. The Bertz CT molecular complexity index is 526. The number of benzene rings is 1. The van der Waals surface area contributed by atoms with Gasteiger partial charge in [0.25, 0.3) is 0 Å². The van der Waals surface area contributed by atoms with Gasteiger partial charge in [-0.15, -0.1) is 0 Å². The van der Waals surface area contributed by atoms with Gasteiger partial charge >= 0.3 is 6.09 Å². The van der Waals surface area contributed by atoms with E-state index in [1.807, 2.05) is 30.3 Å². The first-order valence-corrected chi connectivity index (χ1v) is 6.89. The molecule has 4 heteroatoms. The summed E-state index contributed by atoms with van der Waals surface area (Å²) in [5.41, 5.74) is 0.947. The van der Waals surface area contributed by atoms with Crippen molar-refractivity contribution in [1.29, 1.82) is 0 Å². The second-order valence-corrected chi connectivity index (χ2v) is 5.39. The Morgan fingerprint density at radius 3 is 2.75 bits per heavy atom. The number of amides is 1. The molecule has 1 fully saturated rings. The first-order valence-electron chi connectivity index (χ1n) is 6.89. The second kappa shape index (κ2) is 5.49. The lowest BCUT2D eigenvalue weighted by atomic mass is 9.90. The number of aldehydes is 1. The average molecular weight is 271 g/mol. The molecule has 2 aliphatic carbocycles. The van der Waals surface area contributed by atoms with Crippen molar-refractivity contribution in [3.05, 3.63) is 48.0 Å². The van der Waals surface area contributed by atoms with Crippen LogP contribution in [0.4, 0.5) is 4.79 Å². The highest BCUT2D eigenvalue weighted by molar-refractivity contribution is 5.69. The van der Waals surface area contributed by atoms with Crippen LogP contribution in [0.1, 0.15) is 12.0 Å². The van der Waals surface area contributed by atoms with Gasteiger partial charge in [0.05, 0.1) is 0 Å². The number of fused-ring (bicyclic) bond motifs is 2. The highest BCUT2D eigenvalue weighted by Gasteiger charge is 2.45. The fourth-order valence-electron chi connectivity index (χ4n) is 3.15. The molecule has 1 aromatic carbocycles. The molecule has 1 saturated carbocycles. The maximum Gasteiger partial charge on any atom is 0.407 e. The van der Waals surface area contributed by atoms with E-state index in [2.05, 4.69) is 17.5 Å². The topological polar surface area (TPSA) is 55.4 Å². The molecule has 0 unspecified atom stereocenters. The van der Waals surface area contributed by atoms with E-state index in [4.69, 9.17) is 4.74 Å². The van der Waals surface area contributed by atoms with Crippen LogP contribution in [0.25, 0.3) is 0 Å². The van der Waals surface area contributed by atoms with Gasteiger partial charge in [-0.1, -0.05) is 42.5 Å². The lowest BCUT2D eigenvalue weighted by Crippen LogP contribution is -2.43. The fraction of sp³-hybridized carbons (Fsp3) is 0.375. The van der Waals surface area contributed by atoms with Gasteiger partial charge in [-0.05, 0) is 23.8 Å². The Labute approximate surface area is 117 Å². The fourth-order valence-corrected chi connectivity index (χ4v) is 3.15. The van der Waals surface area contributed by atoms with Crippen molar-refractivity contribution >= 4 is 12.4 Å². The number of carbonyl (C=O) groups excluding carboxylic acids is 2. The SMILES string of the molecule is O=C[C@@H]1[C@H](NC(=O)OCc2ccccc2)[C@@H]2C=C[C@H]1C2. The Balaban J connectivity index is 1.54. The number of carbonyl (C=O) groups is 2. The Morgan fingerprint density at radius 1 is 1.25 bits per heavy atom. The summed E-state index contributed by atoms with van der Waals surface area (Å²) in [5, 5.41) is 2.84. The van der Waals surface area contributed by atoms with E-state index >= 15 is 0 Å². The molecule has 3 rings (SSSR count). The summed E-state index contributed by atoms with van der Waals surface area (Å²) in [6.07, 6.45) is 5.62. The number of ether oxygens (including phenoxy) is 1. The molecule has 1 N–H and O–H groups in total. The predicted octanol–water partition coefficient (Wildman–Crippen LogP) is 2.30. The van der Waals surface area contributed by atoms with Gasteiger partial charge in [0.1, 0.15) is 12.9 Å². The Hall–Kier alpha value is -2.10. The van der Waals surface area contributed by atoms with Crippen LogP contribution >= 0.6 is 0 Å². The molecule has 1 amide bonds. The first kappa shape index (κ1) is 12.9. The summed E-state index contributed by atoms with van der Waals surface area (Å²) in [6.45, 7) is 0.245. The van der Waals surface area contributed by atoms with Crippen molar-refractivity contribution in [2.24, 2.45) is 17.8 Å². The molecule has 20 heavy (non-hydrogen) atoms. The highest BCUT2D eigenvalue weighted by Crippen LogP contribution is 2.42. The first-order chi connectivity index (χ1) is 9.78. The molecule has 0 heterocycles. The lowest BCUT2D eigenvalue weighted by molar-refractivity contribution is -0.112. The van der Waals surface area contributed by atoms with Crippen LogP contribution in [0.5, 0.6) is 0 Å². The zero-order valence-corrected chi connectivity index (χ0v) is 11.1. The van der Waals surface area contributed by atoms with Crippen molar-refractivity contribution in [2.45, 2.75) is 19.1 Å². The maximum absolute atomic E-state index is 11.8. The van der Waals surface area contributed by atoms with Crippen molar-refractivity contribution in [2.75, 3.05) is 0 Å². The molecule has 0 saturated heterocycles. The molecule has 0 aliphatic heterocycles.